The highest BCUT2D eigenvalue weighted by molar-refractivity contribution is 6.58. The van der Waals surface area contributed by atoms with E-state index in [4.69, 9.17) is 27.9 Å². The summed E-state index contributed by atoms with van der Waals surface area (Å²) < 4.78 is 19.4. The fourth-order valence-electron chi connectivity index (χ4n) is 7.73. The molecule has 0 spiro atoms. The van der Waals surface area contributed by atoms with Crippen molar-refractivity contribution >= 4 is 64.2 Å². The minimum Gasteiger partial charge on any atom is -0.491 e. The number of carbonyl (C=O) groups is 5. The molecular formula is C35H27Cl2FN2O8. The molecule has 0 aromatic heterocycles. The second-order valence-electron chi connectivity index (χ2n) is 12.3. The standard InChI is InChI=1S/C35H27Cl2FN2O8/c36-34-17-26-24(12-13-25-27(26)30(43)39(29(25)42)22-3-1-2-19(16-22)31(44)45)28(18-4-10-23(11-5-18)48-15-14-41)35(34,37)33(47)40(32(34)46)21-8-6-20(38)7-9-21/h1-12,16,25-28,41H,13-15,17H2,(H,44,45)/t25-,26+,27-,28-,34+,35-/m0/s1. The van der Waals surface area contributed by atoms with Crippen LogP contribution in [0.3, 0.4) is 0 Å². The first-order chi connectivity index (χ1) is 22.9. The summed E-state index contributed by atoms with van der Waals surface area (Å²) in [5.41, 5.74) is 1.13. The summed E-state index contributed by atoms with van der Waals surface area (Å²) in [5.74, 6) is -7.80. The summed E-state index contributed by atoms with van der Waals surface area (Å²) in [4.78, 5) is 66.1. The number of alkyl halides is 2. The smallest absolute Gasteiger partial charge is 0.335 e. The van der Waals surface area contributed by atoms with Crippen LogP contribution in [0.5, 0.6) is 5.75 Å². The molecule has 2 aliphatic carbocycles. The highest BCUT2D eigenvalue weighted by Gasteiger charge is 2.76. The van der Waals surface area contributed by atoms with E-state index >= 15 is 0 Å². The van der Waals surface area contributed by atoms with Gasteiger partial charge < -0.3 is 14.9 Å². The van der Waals surface area contributed by atoms with Gasteiger partial charge in [-0.1, -0.05) is 29.8 Å². The van der Waals surface area contributed by atoms with Gasteiger partial charge in [-0.15, -0.1) is 23.2 Å². The normalized spacial score (nSPS) is 29.4. The number of carboxylic acid groups (broad SMARTS) is 1. The van der Waals surface area contributed by atoms with Crippen LogP contribution in [0.15, 0.2) is 84.4 Å². The molecule has 0 unspecified atom stereocenters. The zero-order chi connectivity index (χ0) is 34.1. The van der Waals surface area contributed by atoms with Crippen molar-refractivity contribution in [3.63, 3.8) is 0 Å². The molecule has 48 heavy (non-hydrogen) atoms. The van der Waals surface area contributed by atoms with E-state index in [-0.39, 0.29) is 43.0 Å². The Hall–Kier alpha value is -4.58. The molecule has 3 aromatic carbocycles. The second-order valence-corrected chi connectivity index (χ2v) is 13.5. The molecular weight excluding hydrogens is 666 g/mol. The molecule has 13 heteroatoms. The van der Waals surface area contributed by atoms with Crippen LogP contribution in [0.1, 0.15) is 34.7 Å². The van der Waals surface area contributed by atoms with Crippen LogP contribution < -0.4 is 14.5 Å². The Morgan fingerprint density at radius 2 is 1.60 bits per heavy atom. The molecule has 1 saturated carbocycles. The van der Waals surface area contributed by atoms with E-state index in [9.17, 15) is 38.6 Å². The Morgan fingerprint density at radius 3 is 2.27 bits per heavy atom. The fourth-order valence-corrected chi connectivity index (χ4v) is 8.66. The van der Waals surface area contributed by atoms with Crippen molar-refractivity contribution in [2.75, 3.05) is 23.0 Å². The van der Waals surface area contributed by atoms with Gasteiger partial charge in [0.2, 0.25) is 11.8 Å². The first kappa shape index (κ1) is 32.0. The largest absolute Gasteiger partial charge is 0.491 e. The highest BCUT2D eigenvalue weighted by Crippen LogP contribution is 2.66. The minimum atomic E-state index is -2.10. The number of allylic oxidation sites excluding steroid dienone is 2. The maximum Gasteiger partial charge on any atom is 0.335 e. The van der Waals surface area contributed by atoms with E-state index in [1.54, 1.807) is 30.3 Å². The highest BCUT2D eigenvalue weighted by atomic mass is 35.5. The van der Waals surface area contributed by atoms with Gasteiger partial charge in [0.15, 0.2) is 9.75 Å². The van der Waals surface area contributed by atoms with Crippen molar-refractivity contribution in [3.05, 3.63) is 101 Å². The number of carboxylic acids is 1. The Bertz CT molecular complexity index is 1920. The summed E-state index contributed by atoms with van der Waals surface area (Å²) in [6.45, 7) is -0.161. The number of hydrogen-bond donors (Lipinski definition) is 2. The van der Waals surface area contributed by atoms with Crippen molar-refractivity contribution in [1.29, 1.82) is 0 Å². The van der Waals surface area contributed by atoms with Gasteiger partial charge in [0.25, 0.3) is 11.8 Å². The van der Waals surface area contributed by atoms with E-state index in [2.05, 4.69) is 0 Å². The number of nitrogens with zero attached hydrogens (tertiary/aromatic N) is 2. The summed E-state index contributed by atoms with van der Waals surface area (Å²) in [6, 6.07) is 16.8. The Morgan fingerprint density at radius 1 is 0.896 bits per heavy atom. The zero-order valence-electron chi connectivity index (χ0n) is 25.0. The molecule has 3 fully saturated rings. The maximum absolute atomic E-state index is 14.4. The van der Waals surface area contributed by atoms with Crippen molar-refractivity contribution < 1.29 is 43.3 Å². The predicted molar refractivity (Wildman–Crippen MR) is 172 cm³/mol. The number of anilines is 2. The lowest BCUT2D eigenvalue weighted by molar-refractivity contribution is -0.125. The number of amides is 4. The van der Waals surface area contributed by atoms with E-state index < -0.39 is 68.8 Å². The molecule has 3 aromatic rings. The number of aliphatic hydroxyl groups excluding tert-OH is 1. The lowest BCUT2D eigenvalue weighted by Crippen LogP contribution is -2.60. The van der Waals surface area contributed by atoms with E-state index in [0.717, 1.165) is 21.9 Å². The molecule has 2 heterocycles. The van der Waals surface area contributed by atoms with Gasteiger partial charge in [-0.2, -0.15) is 0 Å². The lowest BCUT2D eigenvalue weighted by atomic mass is 9.56. The Kier molecular flexibility index (Phi) is 7.69. The second kappa shape index (κ2) is 11.5. The Balaban J connectivity index is 1.36. The number of rotatable bonds is 7. The molecule has 0 radical (unpaired) electrons. The van der Waals surface area contributed by atoms with Crippen molar-refractivity contribution in [2.24, 2.45) is 17.8 Å². The number of imide groups is 2. The average molecular weight is 694 g/mol. The number of hydrogen-bond acceptors (Lipinski definition) is 7. The summed E-state index contributed by atoms with van der Waals surface area (Å²) >= 11 is 14.7. The predicted octanol–water partition coefficient (Wildman–Crippen LogP) is 4.66. The van der Waals surface area contributed by atoms with Crippen LogP contribution in [0.25, 0.3) is 0 Å². The van der Waals surface area contributed by atoms with E-state index in [1.165, 1.54) is 36.4 Å². The minimum absolute atomic E-state index is 0.0466. The third-order valence-corrected chi connectivity index (χ3v) is 11.2. The van der Waals surface area contributed by atoms with Gasteiger partial charge in [0, 0.05) is 5.92 Å². The van der Waals surface area contributed by atoms with Crippen LogP contribution in [0, 0.1) is 23.6 Å². The third kappa shape index (κ3) is 4.52. The molecule has 4 aliphatic rings. The topological polar surface area (TPSA) is 142 Å². The maximum atomic E-state index is 14.4. The number of aromatic carboxylic acids is 1. The Labute approximate surface area is 283 Å². The van der Waals surface area contributed by atoms with Gasteiger partial charge in [0.05, 0.1) is 35.4 Å². The van der Waals surface area contributed by atoms with Gasteiger partial charge in [-0.25, -0.2) is 14.1 Å². The summed E-state index contributed by atoms with van der Waals surface area (Å²) in [5, 5.41) is 18.7. The van der Waals surface area contributed by atoms with Crippen molar-refractivity contribution in [3.8, 4) is 5.75 Å². The van der Waals surface area contributed by atoms with Crippen LogP contribution in [-0.4, -0.2) is 62.8 Å². The number of benzene rings is 3. The first-order valence-electron chi connectivity index (χ1n) is 15.2. The number of fused-ring (bicyclic) bond motifs is 4. The molecule has 0 bridgehead atoms. The number of ether oxygens (including phenoxy) is 1. The van der Waals surface area contributed by atoms with E-state index in [0.29, 0.717) is 16.9 Å². The first-order valence-corrected chi connectivity index (χ1v) is 15.9. The van der Waals surface area contributed by atoms with Crippen LogP contribution in [0.4, 0.5) is 15.8 Å². The molecule has 4 amide bonds. The molecule has 6 atom stereocenters. The van der Waals surface area contributed by atoms with Gasteiger partial charge in [-0.05, 0) is 78.9 Å². The van der Waals surface area contributed by atoms with E-state index in [1.807, 2.05) is 0 Å². The van der Waals surface area contributed by atoms with Crippen molar-refractivity contribution in [1.82, 2.24) is 0 Å². The molecule has 2 N–H and O–H groups in total. The molecule has 2 saturated heterocycles. The monoisotopic (exact) mass is 692 g/mol. The van der Waals surface area contributed by atoms with Crippen LogP contribution >= 0.6 is 23.2 Å². The molecule has 246 valence electrons. The van der Waals surface area contributed by atoms with Crippen molar-refractivity contribution in [2.45, 2.75) is 28.5 Å². The molecule has 2 aliphatic heterocycles. The van der Waals surface area contributed by atoms with Gasteiger partial charge in [-0.3, -0.25) is 24.1 Å². The number of halogens is 3. The SMILES string of the molecule is O=C(O)c1cccc(N2C(=O)[C@H]3[C@H](CC=C4[C@H]3C[C@@]3(Cl)C(=O)N(c5ccc(F)cc5)C(=O)[C@@]3(Cl)[C@H]4c3ccc(OCCO)cc3)C2=O)c1. The quantitative estimate of drug-likeness (QED) is 0.207. The molecule has 10 nitrogen and oxygen atoms in total. The number of aliphatic hydroxyl groups is 1. The fraction of sp³-hybridized carbons (Fsp3) is 0.286. The molecule has 7 rings (SSSR count). The average Bonchev–Trinajstić information content (AvgIpc) is 3.42. The summed E-state index contributed by atoms with van der Waals surface area (Å²) in [7, 11) is 0. The van der Waals surface area contributed by atoms with Gasteiger partial charge in [0.1, 0.15) is 18.2 Å². The van der Waals surface area contributed by atoms with Gasteiger partial charge >= 0.3 is 5.97 Å². The zero-order valence-corrected chi connectivity index (χ0v) is 26.5. The third-order valence-electron chi connectivity index (χ3n) is 9.82. The number of carbonyl (C=O) groups excluding carboxylic acids is 4. The summed E-state index contributed by atoms with van der Waals surface area (Å²) in [6.07, 6.45) is 1.65. The van der Waals surface area contributed by atoms with Crippen LogP contribution in [-0.2, 0) is 19.2 Å². The van der Waals surface area contributed by atoms with Crippen LogP contribution in [0.2, 0.25) is 0 Å². The lowest BCUT2D eigenvalue weighted by Gasteiger charge is -2.50.